The van der Waals surface area contributed by atoms with Crippen molar-refractivity contribution in [1.29, 1.82) is 0 Å². The summed E-state index contributed by atoms with van der Waals surface area (Å²) in [6.45, 7) is 5.64. The van der Waals surface area contributed by atoms with Crippen LogP contribution in [0.3, 0.4) is 0 Å². The number of carboxylic acids is 1. The van der Waals surface area contributed by atoms with Gasteiger partial charge in [-0.05, 0) is 25.0 Å². The number of hydrogen-bond donors (Lipinski definition) is 1. The summed E-state index contributed by atoms with van der Waals surface area (Å²) < 4.78 is 1.60. The molecular formula is C12H17NO3. The highest BCUT2D eigenvalue weighted by molar-refractivity contribution is 5.77. The molecule has 0 aromatic carbocycles. The second kappa shape index (κ2) is 4.96. The molecule has 2 atom stereocenters. The molecule has 0 fully saturated rings. The number of hydrogen-bond acceptors (Lipinski definition) is 2. The molecular weight excluding hydrogens is 207 g/mol. The van der Waals surface area contributed by atoms with Crippen LogP contribution in [0.2, 0.25) is 0 Å². The summed E-state index contributed by atoms with van der Waals surface area (Å²) in [4.78, 5) is 22.1. The van der Waals surface area contributed by atoms with Crippen LogP contribution in [0.25, 0.3) is 0 Å². The third-order valence-electron chi connectivity index (χ3n) is 2.99. The van der Waals surface area contributed by atoms with Crippen LogP contribution in [0, 0.1) is 12.8 Å². The highest BCUT2D eigenvalue weighted by Gasteiger charge is 2.27. The van der Waals surface area contributed by atoms with Gasteiger partial charge in [0.25, 0.3) is 0 Å². The van der Waals surface area contributed by atoms with E-state index in [1.807, 2.05) is 20.8 Å². The molecule has 0 radical (unpaired) electrons. The smallest absolute Gasteiger partial charge is 0.326 e. The van der Waals surface area contributed by atoms with Gasteiger partial charge in [-0.15, -0.1) is 0 Å². The molecule has 16 heavy (non-hydrogen) atoms. The monoisotopic (exact) mass is 224 g/mol. The molecule has 0 aliphatic rings. The van der Waals surface area contributed by atoms with Gasteiger partial charge in [0.1, 0.15) is 6.04 Å². The molecule has 0 amide bonds. The summed E-state index contributed by atoms with van der Waals surface area (Å²) in [5, 5.41) is 9.25. The van der Waals surface area contributed by atoms with E-state index in [9.17, 15) is 14.7 Å². The molecule has 2 unspecified atom stereocenters. The van der Waals surface area contributed by atoms with Crippen molar-refractivity contribution < 1.29 is 14.7 Å². The topological polar surface area (TPSA) is 59.3 Å². The second-order valence-corrected chi connectivity index (χ2v) is 4.06. The first kappa shape index (κ1) is 12.5. The Balaban J connectivity index is 3.24. The van der Waals surface area contributed by atoms with Crippen LogP contribution in [0.5, 0.6) is 0 Å². The zero-order valence-electron chi connectivity index (χ0n) is 9.80. The molecule has 4 heteroatoms. The van der Waals surface area contributed by atoms with Crippen molar-refractivity contribution in [2.24, 2.45) is 5.92 Å². The predicted octanol–water partition coefficient (Wildman–Crippen LogP) is 2.28. The Morgan fingerprint density at radius 2 is 2.19 bits per heavy atom. The molecule has 1 aromatic heterocycles. The minimum Gasteiger partial charge on any atom is -0.480 e. The molecule has 88 valence electrons. The third kappa shape index (κ3) is 2.15. The Bertz CT molecular complexity index is 395. The highest BCUT2D eigenvalue weighted by atomic mass is 16.4. The maximum atomic E-state index is 11.3. The summed E-state index contributed by atoms with van der Waals surface area (Å²) in [5.41, 5.74) is 1.22. The molecule has 4 nitrogen and oxygen atoms in total. The molecule has 0 saturated heterocycles. The zero-order chi connectivity index (χ0) is 12.3. The number of aromatic nitrogens is 1. The van der Waals surface area contributed by atoms with Gasteiger partial charge in [0.15, 0.2) is 6.29 Å². The number of carbonyl (C=O) groups is 2. The summed E-state index contributed by atoms with van der Waals surface area (Å²) >= 11 is 0. The van der Waals surface area contributed by atoms with E-state index in [0.717, 1.165) is 12.1 Å². The minimum absolute atomic E-state index is 0.0118. The second-order valence-electron chi connectivity index (χ2n) is 4.06. The van der Waals surface area contributed by atoms with E-state index >= 15 is 0 Å². The van der Waals surface area contributed by atoms with Gasteiger partial charge in [-0.2, -0.15) is 0 Å². The molecule has 0 aliphatic heterocycles. The van der Waals surface area contributed by atoms with Crippen molar-refractivity contribution in [1.82, 2.24) is 4.57 Å². The lowest BCUT2D eigenvalue weighted by Crippen LogP contribution is -2.27. The van der Waals surface area contributed by atoms with Crippen molar-refractivity contribution >= 4 is 12.3 Å². The molecule has 0 aliphatic carbocycles. The van der Waals surface area contributed by atoms with Crippen LogP contribution in [0.1, 0.15) is 42.5 Å². The van der Waals surface area contributed by atoms with E-state index in [1.165, 1.54) is 0 Å². The van der Waals surface area contributed by atoms with Crippen LogP contribution >= 0.6 is 0 Å². The number of aryl methyl sites for hydroxylation is 1. The predicted molar refractivity (Wildman–Crippen MR) is 60.7 cm³/mol. The van der Waals surface area contributed by atoms with Crippen molar-refractivity contribution in [3.8, 4) is 0 Å². The molecule has 0 saturated carbocycles. The Labute approximate surface area is 94.9 Å². The lowest BCUT2D eigenvalue weighted by molar-refractivity contribution is -0.142. The summed E-state index contributed by atoms with van der Waals surface area (Å²) in [7, 11) is 0. The fourth-order valence-electron chi connectivity index (χ4n) is 1.88. The van der Waals surface area contributed by atoms with Gasteiger partial charge in [0, 0.05) is 5.69 Å². The van der Waals surface area contributed by atoms with Crippen LogP contribution < -0.4 is 0 Å². The van der Waals surface area contributed by atoms with E-state index in [4.69, 9.17) is 0 Å². The van der Waals surface area contributed by atoms with Gasteiger partial charge in [0.2, 0.25) is 0 Å². The average Bonchev–Trinajstić information content (AvgIpc) is 2.60. The average molecular weight is 224 g/mol. The summed E-state index contributed by atoms with van der Waals surface area (Å²) in [6, 6.07) is 2.75. The van der Waals surface area contributed by atoms with Crippen molar-refractivity contribution in [2.45, 2.75) is 33.2 Å². The van der Waals surface area contributed by atoms with Gasteiger partial charge in [-0.25, -0.2) is 4.79 Å². The van der Waals surface area contributed by atoms with Gasteiger partial charge >= 0.3 is 5.97 Å². The van der Waals surface area contributed by atoms with E-state index in [0.29, 0.717) is 12.0 Å². The third-order valence-corrected chi connectivity index (χ3v) is 2.99. The SMILES string of the molecule is CCC(C)C(C(=O)O)n1c(C)ccc1[13CH]=O. The number of rotatable bonds is 5. The molecule has 1 heterocycles. The quantitative estimate of drug-likeness (QED) is 0.616. The summed E-state index contributed by atoms with van der Waals surface area (Å²) in [6.07, 6.45) is 1.46. The largest absolute Gasteiger partial charge is 0.480 e. The van der Waals surface area contributed by atoms with Crippen molar-refractivity contribution in [3.05, 3.63) is 23.5 Å². The minimum atomic E-state index is -0.892. The van der Waals surface area contributed by atoms with E-state index < -0.39 is 12.0 Å². The van der Waals surface area contributed by atoms with Gasteiger partial charge in [-0.3, -0.25) is 4.79 Å². The number of carboxylic acid groups (broad SMARTS) is 1. The maximum Gasteiger partial charge on any atom is 0.326 e. The van der Waals surface area contributed by atoms with Crippen molar-refractivity contribution in [3.63, 3.8) is 0 Å². The van der Waals surface area contributed by atoms with Crippen LogP contribution in [0.4, 0.5) is 0 Å². The molecule has 0 spiro atoms. The number of carbonyl (C=O) groups excluding carboxylic acids is 1. The number of nitrogens with zero attached hydrogens (tertiary/aromatic N) is 1. The highest BCUT2D eigenvalue weighted by Crippen LogP contribution is 2.25. The number of aldehydes is 1. The van der Waals surface area contributed by atoms with Gasteiger partial charge in [-0.1, -0.05) is 20.3 Å². The van der Waals surface area contributed by atoms with Gasteiger partial charge in [0.05, 0.1) is 5.69 Å². The Morgan fingerprint density at radius 3 is 2.62 bits per heavy atom. The lowest BCUT2D eigenvalue weighted by atomic mass is 9.99. The first-order valence-electron chi connectivity index (χ1n) is 5.38. The normalized spacial score (nSPS) is 14.4. The van der Waals surface area contributed by atoms with E-state index in [1.54, 1.807) is 16.7 Å². The zero-order valence-corrected chi connectivity index (χ0v) is 9.80. The fourth-order valence-corrected chi connectivity index (χ4v) is 1.88. The molecule has 1 aromatic rings. The Hall–Kier alpha value is -1.58. The van der Waals surface area contributed by atoms with Crippen LogP contribution in [0.15, 0.2) is 12.1 Å². The Morgan fingerprint density at radius 1 is 1.56 bits per heavy atom. The van der Waals surface area contributed by atoms with E-state index in [2.05, 4.69) is 0 Å². The van der Waals surface area contributed by atoms with E-state index in [-0.39, 0.29) is 5.92 Å². The lowest BCUT2D eigenvalue weighted by Gasteiger charge is -2.23. The Kier molecular flexibility index (Phi) is 3.88. The maximum absolute atomic E-state index is 11.3. The molecule has 1 rings (SSSR count). The number of aliphatic carboxylic acids is 1. The molecule has 1 N–H and O–H groups in total. The van der Waals surface area contributed by atoms with Crippen molar-refractivity contribution in [2.75, 3.05) is 0 Å². The molecule has 0 bridgehead atoms. The summed E-state index contributed by atoms with van der Waals surface area (Å²) in [5.74, 6) is -0.904. The first-order valence-corrected chi connectivity index (χ1v) is 5.38. The fraction of sp³-hybridized carbons (Fsp3) is 0.500. The van der Waals surface area contributed by atoms with Crippen LogP contribution in [-0.2, 0) is 4.79 Å². The van der Waals surface area contributed by atoms with Gasteiger partial charge < -0.3 is 9.67 Å². The first-order chi connectivity index (χ1) is 7.52. The standard InChI is InChI=1S/C12H17NO3/c1-4-8(2)11(12(15)16)13-9(3)5-6-10(13)7-14/h5-8,11H,4H2,1-3H3,(H,15,16)/i7+1. The van der Waals surface area contributed by atoms with Crippen LogP contribution in [-0.4, -0.2) is 21.9 Å².